The van der Waals surface area contributed by atoms with E-state index in [0.717, 1.165) is 57.8 Å². The van der Waals surface area contributed by atoms with Gasteiger partial charge in [-0.2, -0.15) is 0 Å². The number of hydrogen-bond acceptors (Lipinski definition) is 5. The first-order valence-corrected chi connectivity index (χ1v) is 10.4. The Morgan fingerprint density at radius 1 is 1.11 bits per heavy atom. The van der Waals surface area contributed by atoms with E-state index in [1.807, 2.05) is 35.2 Å². The van der Waals surface area contributed by atoms with Gasteiger partial charge in [-0.1, -0.05) is 61.7 Å². The minimum absolute atomic E-state index is 0.0700. The highest BCUT2D eigenvalue weighted by atomic mass is 16.5. The van der Waals surface area contributed by atoms with Crippen LogP contribution in [0.3, 0.4) is 0 Å². The highest BCUT2D eigenvalue weighted by Gasteiger charge is 2.22. The fourth-order valence-corrected chi connectivity index (χ4v) is 3.41. The fraction of sp³-hybridized carbons (Fsp3) is 0.545. The van der Waals surface area contributed by atoms with Crippen molar-refractivity contribution in [2.75, 3.05) is 45.9 Å². The maximum absolute atomic E-state index is 13.1. The van der Waals surface area contributed by atoms with Crippen molar-refractivity contribution in [1.82, 2.24) is 15.0 Å². The van der Waals surface area contributed by atoms with Crippen molar-refractivity contribution < 1.29 is 14.1 Å². The average Bonchev–Trinajstić information content (AvgIpc) is 3.24. The molecule has 6 heteroatoms. The number of rotatable bonds is 10. The SMILES string of the molecule is CCCCCCN(CCN1CCOCC1)C(=O)c1cc(-c2ccccc2)no1. The van der Waals surface area contributed by atoms with E-state index in [-0.39, 0.29) is 5.91 Å². The number of hydrogen-bond donors (Lipinski definition) is 0. The average molecular weight is 386 g/mol. The van der Waals surface area contributed by atoms with E-state index in [1.165, 1.54) is 12.8 Å². The van der Waals surface area contributed by atoms with E-state index in [9.17, 15) is 4.79 Å². The van der Waals surface area contributed by atoms with E-state index >= 15 is 0 Å². The summed E-state index contributed by atoms with van der Waals surface area (Å²) < 4.78 is 10.8. The molecule has 0 N–H and O–H groups in total. The summed E-state index contributed by atoms with van der Waals surface area (Å²) in [5.41, 5.74) is 1.65. The minimum atomic E-state index is -0.0700. The molecular weight excluding hydrogens is 354 g/mol. The van der Waals surface area contributed by atoms with Gasteiger partial charge in [-0.05, 0) is 6.42 Å². The number of ether oxygens (including phenoxy) is 1. The molecule has 28 heavy (non-hydrogen) atoms. The van der Waals surface area contributed by atoms with Crippen LogP contribution in [-0.2, 0) is 4.74 Å². The maximum Gasteiger partial charge on any atom is 0.292 e. The summed E-state index contributed by atoms with van der Waals surface area (Å²) >= 11 is 0. The van der Waals surface area contributed by atoms with Crippen LogP contribution in [0.15, 0.2) is 40.9 Å². The lowest BCUT2D eigenvalue weighted by molar-refractivity contribution is 0.0319. The third kappa shape index (κ3) is 5.91. The van der Waals surface area contributed by atoms with Crippen LogP contribution in [-0.4, -0.2) is 66.8 Å². The molecule has 1 fully saturated rings. The van der Waals surface area contributed by atoms with Crippen LogP contribution >= 0.6 is 0 Å². The van der Waals surface area contributed by atoms with E-state index in [1.54, 1.807) is 6.07 Å². The van der Waals surface area contributed by atoms with Crippen LogP contribution in [0.5, 0.6) is 0 Å². The molecule has 1 aromatic heterocycles. The number of morpholine rings is 1. The molecule has 2 heterocycles. The molecule has 0 saturated carbocycles. The summed E-state index contributed by atoms with van der Waals surface area (Å²) in [6, 6.07) is 11.5. The smallest absolute Gasteiger partial charge is 0.292 e. The number of amides is 1. The first-order chi connectivity index (χ1) is 13.8. The summed E-state index contributed by atoms with van der Waals surface area (Å²) in [4.78, 5) is 17.3. The number of nitrogens with zero attached hydrogens (tertiary/aromatic N) is 3. The van der Waals surface area contributed by atoms with E-state index in [4.69, 9.17) is 9.26 Å². The Hall–Kier alpha value is -2.18. The Balaban J connectivity index is 1.63. The maximum atomic E-state index is 13.1. The number of benzene rings is 1. The monoisotopic (exact) mass is 385 g/mol. The molecule has 0 radical (unpaired) electrons. The predicted octanol–water partition coefficient (Wildman–Crippen LogP) is 3.70. The summed E-state index contributed by atoms with van der Waals surface area (Å²) in [5, 5.41) is 4.10. The van der Waals surface area contributed by atoms with Crippen molar-refractivity contribution in [1.29, 1.82) is 0 Å². The van der Waals surface area contributed by atoms with Gasteiger partial charge in [0.15, 0.2) is 0 Å². The lowest BCUT2D eigenvalue weighted by atomic mass is 10.1. The highest BCUT2D eigenvalue weighted by Crippen LogP contribution is 2.19. The third-order valence-corrected chi connectivity index (χ3v) is 5.15. The van der Waals surface area contributed by atoms with Gasteiger partial charge in [0.2, 0.25) is 5.76 Å². The van der Waals surface area contributed by atoms with E-state index in [0.29, 0.717) is 18.0 Å². The van der Waals surface area contributed by atoms with Gasteiger partial charge in [0.25, 0.3) is 5.91 Å². The molecule has 0 aliphatic carbocycles. The number of unbranched alkanes of at least 4 members (excludes halogenated alkanes) is 3. The zero-order chi connectivity index (χ0) is 19.6. The van der Waals surface area contributed by atoms with Gasteiger partial charge in [0, 0.05) is 44.4 Å². The first-order valence-electron chi connectivity index (χ1n) is 10.4. The van der Waals surface area contributed by atoms with Crippen molar-refractivity contribution in [2.45, 2.75) is 32.6 Å². The second-order valence-corrected chi connectivity index (χ2v) is 7.25. The quantitative estimate of drug-likeness (QED) is 0.584. The summed E-state index contributed by atoms with van der Waals surface area (Å²) in [7, 11) is 0. The second kappa shape index (κ2) is 11.0. The van der Waals surface area contributed by atoms with Crippen LogP contribution < -0.4 is 0 Å². The summed E-state index contributed by atoms with van der Waals surface area (Å²) in [5.74, 6) is 0.246. The number of carbonyl (C=O) groups excluding carboxylic acids is 1. The summed E-state index contributed by atoms with van der Waals surface area (Å²) in [6.45, 7) is 7.91. The Labute approximate surface area is 167 Å². The molecule has 1 aromatic carbocycles. The van der Waals surface area contributed by atoms with E-state index in [2.05, 4.69) is 17.0 Å². The lowest BCUT2D eigenvalue weighted by Crippen LogP contribution is -2.43. The van der Waals surface area contributed by atoms with Gasteiger partial charge in [-0.15, -0.1) is 0 Å². The van der Waals surface area contributed by atoms with E-state index < -0.39 is 0 Å². The molecule has 1 saturated heterocycles. The molecule has 3 rings (SSSR count). The molecule has 0 atom stereocenters. The molecular formula is C22H31N3O3. The van der Waals surface area contributed by atoms with Crippen LogP contribution in [0, 0.1) is 0 Å². The van der Waals surface area contributed by atoms with Crippen molar-refractivity contribution in [3.63, 3.8) is 0 Å². The van der Waals surface area contributed by atoms with Gasteiger partial charge >= 0.3 is 0 Å². The minimum Gasteiger partial charge on any atom is -0.379 e. The molecule has 0 unspecified atom stereocenters. The van der Waals surface area contributed by atoms with Crippen molar-refractivity contribution in [2.24, 2.45) is 0 Å². The Bertz CT molecular complexity index is 711. The van der Waals surface area contributed by atoms with Crippen LogP contribution in [0.1, 0.15) is 43.2 Å². The normalized spacial score (nSPS) is 14.9. The summed E-state index contributed by atoms with van der Waals surface area (Å²) in [6.07, 6.45) is 4.54. The molecule has 1 amide bonds. The fourth-order valence-electron chi connectivity index (χ4n) is 3.41. The zero-order valence-corrected chi connectivity index (χ0v) is 16.8. The van der Waals surface area contributed by atoms with Crippen molar-refractivity contribution in [3.8, 4) is 11.3 Å². The van der Waals surface area contributed by atoms with Gasteiger partial charge in [-0.25, -0.2) is 0 Å². The van der Waals surface area contributed by atoms with Gasteiger partial charge in [-0.3, -0.25) is 9.69 Å². The second-order valence-electron chi connectivity index (χ2n) is 7.25. The number of carbonyl (C=O) groups is 1. The van der Waals surface area contributed by atoms with Gasteiger partial charge in [0.05, 0.1) is 13.2 Å². The Morgan fingerprint density at radius 2 is 1.89 bits per heavy atom. The molecule has 152 valence electrons. The molecule has 0 bridgehead atoms. The van der Waals surface area contributed by atoms with Crippen molar-refractivity contribution >= 4 is 5.91 Å². The zero-order valence-electron chi connectivity index (χ0n) is 16.8. The first kappa shape index (κ1) is 20.6. The molecule has 2 aromatic rings. The largest absolute Gasteiger partial charge is 0.379 e. The Kier molecular flexibility index (Phi) is 8.06. The Morgan fingerprint density at radius 3 is 2.64 bits per heavy atom. The van der Waals surface area contributed by atoms with Gasteiger partial charge in [0.1, 0.15) is 5.69 Å². The third-order valence-electron chi connectivity index (χ3n) is 5.15. The van der Waals surface area contributed by atoms with Gasteiger partial charge < -0.3 is 14.2 Å². The van der Waals surface area contributed by atoms with Crippen LogP contribution in [0.2, 0.25) is 0 Å². The van der Waals surface area contributed by atoms with Crippen molar-refractivity contribution in [3.05, 3.63) is 42.2 Å². The molecule has 0 spiro atoms. The number of aromatic nitrogens is 1. The van der Waals surface area contributed by atoms with Crippen LogP contribution in [0.4, 0.5) is 0 Å². The molecule has 6 nitrogen and oxygen atoms in total. The standard InChI is InChI=1S/C22H31N3O3/c1-2-3-4-8-11-25(13-12-24-14-16-27-17-15-24)22(26)21-18-20(23-28-21)19-9-6-5-7-10-19/h5-7,9-10,18H,2-4,8,11-17H2,1H3. The topological polar surface area (TPSA) is 58.8 Å². The highest BCUT2D eigenvalue weighted by molar-refractivity contribution is 5.92. The molecule has 1 aliphatic rings. The predicted molar refractivity (Wildman–Crippen MR) is 109 cm³/mol. The molecule has 1 aliphatic heterocycles. The van der Waals surface area contributed by atoms with Crippen LogP contribution in [0.25, 0.3) is 11.3 Å². The lowest BCUT2D eigenvalue weighted by Gasteiger charge is -2.29.